The number of carbonyl (C=O) groups excluding carboxylic acids is 1. The van der Waals surface area contributed by atoms with Gasteiger partial charge in [-0.25, -0.2) is 19.4 Å². The zero-order valence-corrected chi connectivity index (χ0v) is 22.7. The van der Waals surface area contributed by atoms with E-state index in [0.29, 0.717) is 24.7 Å². The fourth-order valence-electron chi connectivity index (χ4n) is 5.42. The Kier molecular flexibility index (Phi) is 7.47. The number of morpholine rings is 1. The molecule has 2 fully saturated rings. The van der Waals surface area contributed by atoms with Crippen molar-refractivity contribution >= 4 is 34.3 Å². The second kappa shape index (κ2) is 11.5. The lowest BCUT2D eigenvalue weighted by Gasteiger charge is -2.32. The fourth-order valence-corrected chi connectivity index (χ4v) is 5.42. The number of hydrogen-bond acceptors (Lipinski definition) is 8. The van der Waals surface area contributed by atoms with E-state index in [1.54, 1.807) is 7.05 Å². The van der Waals surface area contributed by atoms with E-state index in [0.717, 1.165) is 73.7 Å². The maximum absolute atomic E-state index is 11.7. The summed E-state index contributed by atoms with van der Waals surface area (Å²) in [6.07, 6.45) is 3.91. The van der Waals surface area contributed by atoms with Gasteiger partial charge in [0.1, 0.15) is 5.82 Å². The predicted octanol–water partition coefficient (Wildman–Crippen LogP) is 3.50. The lowest BCUT2D eigenvalue weighted by atomic mass is 10.0. The molecular formula is C29H35N9O2. The topological polar surface area (TPSA) is 126 Å². The Balaban J connectivity index is 1.27. The van der Waals surface area contributed by atoms with Gasteiger partial charge in [0.2, 0.25) is 0 Å². The number of nitrogens with one attached hydrogen (secondary N) is 2. The van der Waals surface area contributed by atoms with Gasteiger partial charge in [-0.05, 0) is 54.8 Å². The summed E-state index contributed by atoms with van der Waals surface area (Å²) in [5.41, 5.74) is 10.4. The molecule has 4 N–H and O–H groups in total. The van der Waals surface area contributed by atoms with Crippen LogP contribution in [0.15, 0.2) is 54.7 Å². The van der Waals surface area contributed by atoms with Crippen molar-refractivity contribution < 1.29 is 9.53 Å². The second-order valence-corrected chi connectivity index (χ2v) is 10.3. The number of ether oxygens (including phenoxy) is 1. The molecule has 208 valence electrons. The van der Waals surface area contributed by atoms with Crippen LogP contribution in [0.3, 0.4) is 0 Å². The van der Waals surface area contributed by atoms with Gasteiger partial charge in [-0.2, -0.15) is 5.10 Å². The zero-order valence-electron chi connectivity index (χ0n) is 22.7. The van der Waals surface area contributed by atoms with Crippen LogP contribution in [0.1, 0.15) is 24.4 Å². The number of nitrogens with zero attached hydrogens (tertiary/aromatic N) is 6. The van der Waals surface area contributed by atoms with Crippen molar-refractivity contribution in [3.63, 3.8) is 0 Å². The number of piperidine rings is 1. The van der Waals surface area contributed by atoms with Crippen LogP contribution in [-0.4, -0.2) is 77.1 Å². The lowest BCUT2D eigenvalue weighted by Crippen LogP contribution is -2.37. The molecule has 2 saturated heterocycles. The summed E-state index contributed by atoms with van der Waals surface area (Å²) >= 11 is 0. The third kappa shape index (κ3) is 5.56. The van der Waals surface area contributed by atoms with Crippen LogP contribution in [0.5, 0.6) is 0 Å². The maximum Gasteiger partial charge on any atom is 0.318 e. The van der Waals surface area contributed by atoms with Crippen molar-refractivity contribution in [1.82, 2.24) is 30.0 Å². The zero-order chi connectivity index (χ0) is 27.5. The first-order chi connectivity index (χ1) is 19.6. The van der Waals surface area contributed by atoms with Gasteiger partial charge in [-0.1, -0.05) is 12.1 Å². The minimum Gasteiger partial charge on any atom is -0.399 e. The normalized spacial score (nSPS) is 16.8. The summed E-state index contributed by atoms with van der Waals surface area (Å²) in [5.74, 6) is 1.53. The second-order valence-electron chi connectivity index (χ2n) is 10.3. The molecule has 40 heavy (non-hydrogen) atoms. The number of aromatic nitrogens is 4. The van der Waals surface area contributed by atoms with Gasteiger partial charge >= 0.3 is 6.03 Å². The number of likely N-dealkylation sites (tertiary alicyclic amines) is 1. The van der Waals surface area contributed by atoms with Gasteiger partial charge in [-0.3, -0.25) is 4.90 Å². The molecular weight excluding hydrogens is 506 g/mol. The molecule has 11 heteroatoms. The number of amides is 2. The maximum atomic E-state index is 11.7. The Bertz CT molecular complexity index is 1460. The monoisotopic (exact) mass is 541 g/mol. The molecule has 2 aliphatic heterocycles. The third-order valence-electron chi connectivity index (χ3n) is 7.66. The minimum atomic E-state index is -0.261. The standard InChI is InChI=1S/C29H35N9O2/c1-31-29(39)33-23-8-4-21(5-9-23)26-34-27(37-14-16-40-17-15-37)25-18-32-38(28(25)35-26)24-10-12-36(13-11-24)19-20-2-6-22(30)7-3-20/h2-9,18,24H,10-17,19,30H2,1H3,(H2,31,33,39). The van der Waals surface area contributed by atoms with Crippen LogP contribution in [-0.2, 0) is 11.3 Å². The van der Waals surface area contributed by atoms with Crippen molar-refractivity contribution in [2.75, 3.05) is 62.4 Å². The van der Waals surface area contributed by atoms with Crippen molar-refractivity contribution in [3.8, 4) is 11.4 Å². The summed E-state index contributed by atoms with van der Waals surface area (Å²) < 4.78 is 7.71. The van der Waals surface area contributed by atoms with Crippen LogP contribution in [0.25, 0.3) is 22.4 Å². The molecule has 2 amide bonds. The molecule has 11 nitrogen and oxygen atoms in total. The summed E-state index contributed by atoms with van der Waals surface area (Å²) in [4.78, 5) is 26.5. The van der Waals surface area contributed by atoms with Gasteiger partial charge in [0.05, 0.1) is 30.8 Å². The van der Waals surface area contributed by atoms with E-state index in [-0.39, 0.29) is 12.1 Å². The van der Waals surface area contributed by atoms with E-state index in [2.05, 4.69) is 37.2 Å². The van der Waals surface area contributed by atoms with Crippen LogP contribution < -0.4 is 21.3 Å². The first-order valence-corrected chi connectivity index (χ1v) is 13.8. The SMILES string of the molecule is CNC(=O)Nc1ccc(-c2nc(N3CCOCC3)c3cnn(C4CCN(Cc5ccc(N)cc5)CC4)c3n2)cc1. The molecule has 0 spiro atoms. The highest BCUT2D eigenvalue weighted by atomic mass is 16.5. The highest BCUT2D eigenvalue weighted by molar-refractivity contribution is 5.90. The van der Waals surface area contributed by atoms with Crippen molar-refractivity contribution in [1.29, 1.82) is 0 Å². The molecule has 4 heterocycles. The van der Waals surface area contributed by atoms with Gasteiger partial charge in [0.15, 0.2) is 11.5 Å². The van der Waals surface area contributed by atoms with E-state index in [1.807, 2.05) is 42.6 Å². The smallest absolute Gasteiger partial charge is 0.318 e. The predicted molar refractivity (Wildman–Crippen MR) is 156 cm³/mol. The molecule has 0 saturated carbocycles. The average Bonchev–Trinajstić information content (AvgIpc) is 3.43. The molecule has 2 aromatic carbocycles. The Morgan fingerprint density at radius 2 is 1.73 bits per heavy atom. The van der Waals surface area contributed by atoms with E-state index < -0.39 is 0 Å². The van der Waals surface area contributed by atoms with Gasteiger partial charge < -0.3 is 26.0 Å². The summed E-state index contributed by atoms with van der Waals surface area (Å²) in [6, 6.07) is 15.7. The van der Waals surface area contributed by atoms with Crippen molar-refractivity contribution in [2.24, 2.45) is 0 Å². The van der Waals surface area contributed by atoms with Crippen molar-refractivity contribution in [2.45, 2.75) is 25.4 Å². The Morgan fingerprint density at radius 3 is 2.42 bits per heavy atom. The van der Waals surface area contributed by atoms with Crippen LogP contribution in [0, 0.1) is 0 Å². The Morgan fingerprint density at radius 1 is 1.00 bits per heavy atom. The van der Waals surface area contributed by atoms with Crippen molar-refractivity contribution in [3.05, 3.63) is 60.3 Å². The van der Waals surface area contributed by atoms with E-state index >= 15 is 0 Å². The minimum absolute atomic E-state index is 0.261. The Labute approximate surface area is 233 Å². The fraction of sp³-hybridized carbons (Fsp3) is 0.379. The van der Waals surface area contributed by atoms with Crippen LogP contribution >= 0.6 is 0 Å². The van der Waals surface area contributed by atoms with Gasteiger partial charge in [-0.15, -0.1) is 0 Å². The summed E-state index contributed by atoms with van der Waals surface area (Å²) in [5, 5.41) is 11.2. The molecule has 2 aromatic heterocycles. The van der Waals surface area contributed by atoms with E-state index in [1.165, 1.54) is 5.56 Å². The molecule has 0 radical (unpaired) electrons. The van der Waals surface area contributed by atoms with Crippen LogP contribution in [0.4, 0.5) is 22.0 Å². The number of nitrogens with two attached hydrogens (primary N) is 1. The highest BCUT2D eigenvalue weighted by Gasteiger charge is 2.26. The number of nitrogen functional groups attached to an aromatic ring is 1. The average molecular weight is 542 g/mol. The number of rotatable bonds is 6. The largest absolute Gasteiger partial charge is 0.399 e. The number of carbonyl (C=O) groups is 1. The molecule has 0 unspecified atom stereocenters. The molecule has 6 rings (SSSR count). The number of anilines is 3. The first kappa shape index (κ1) is 26.0. The number of hydrogen-bond donors (Lipinski definition) is 3. The summed E-state index contributed by atoms with van der Waals surface area (Å²) in [7, 11) is 1.59. The lowest BCUT2D eigenvalue weighted by molar-refractivity contribution is 0.122. The number of urea groups is 1. The van der Waals surface area contributed by atoms with Gasteiger partial charge in [0.25, 0.3) is 0 Å². The summed E-state index contributed by atoms with van der Waals surface area (Å²) in [6.45, 7) is 5.78. The number of benzene rings is 2. The number of fused-ring (bicyclic) bond motifs is 1. The molecule has 0 atom stereocenters. The van der Waals surface area contributed by atoms with Gasteiger partial charge in [0, 0.05) is 56.7 Å². The van der Waals surface area contributed by atoms with E-state index in [4.69, 9.17) is 25.5 Å². The quantitative estimate of drug-likeness (QED) is 0.317. The third-order valence-corrected chi connectivity index (χ3v) is 7.66. The molecule has 0 aliphatic carbocycles. The van der Waals surface area contributed by atoms with E-state index in [9.17, 15) is 4.79 Å². The Hall–Kier alpha value is -4.22. The first-order valence-electron chi connectivity index (χ1n) is 13.8. The molecule has 4 aromatic rings. The van der Waals surface area contributed by atoms with Crippen LogP contribution in [0.2, 0.25) is 0 Å². The molecule has 2 aliphatic rings. The highest BCUT2D eigenvalue weighted by Crippen LogP contribution is 2.32. The molecule has 0 bridgehead atoms.